The third-order valence-electron chi connectivity index (χ3n) is 3.67. The number of nitrogens with zero attached hydrogens (tertiary/aromatic N) is 1. The van der Waals surface area contributed by atoms with Crippen LogP contribution >= 0.6 is 11.6 Å². The van der Waals surface area contributed by atoms with E-state index in [0.29, 0.717) is 33.2 Å². The summed E-state index contributed by atoms with van der Waals surface area (Å²) in [6.45, 7) is 0. The summed E-state index contributed by atoms with van der Waals surface area (Å²) < 4.78 is 10.5. The van der Waals surface area contributed by atoms with Gasteiger partial charge in [-0.2, -0.15) is 5.10 Å². The summed E-state index contributed by atoms with van der Waals surface area (Å²) in [5.74, 6) is -0.00672. The van der Waals surface area contributed by atoms with Crippen molar-refractivity contribution in [1.29, 1.82) is 0 Å². The molecule has 0 unspecified atom stereocenters. The highest BCUT2D eigenvalue weighted by atomic mass is 35.5. The molecule has 0 atom stereocenters. The minimum atomic E-state index is -0.497. The number of hydrogen-bond acceptors (Lipinski definition) is 5. The smallest absolute Gasteiger partial charge is 0.338 e. The maximum atomic E-state index is 11.9. The molecule has 0 spiro atoms. The number of ether oxygens (including phenoxy) is 1. The number of nitrogens with one attached hydrogen (secondary N) is 1. The second kappa shape index (κ2) is 8.33. The fourth-order valence-corrected chi connectivity index (χ4v) is 2.56. The number of halogens is 1. The molecular formula is C20H15ClN2O4. The van der Waals surface area contributed by atoms with Crippen LogP contribution in [-0.4, -0.2) is 25.2 Å². The Labute approximate surface area is 160 Å². The SMILES string of the molecule is COC(=O)c1ccc(Cl)cc1-c1ccc(/C=N\NC(=O)c2ccccc2)o1. The number of benzene rings is 2. The van der Waals surface area contributed by atoms with Crippen LogP contribution < -0.4 is 5.43 Å². The van der Waals surface area contributed by atoms with E-state index >= 15 is 0 Å². The largest absolute Gasteiger partial charge is 0.465 e. The Bertz CT molecular complexity index is 996. The summed E-state index contributed by atoms with van der Waals surface area (Å²) in [5.41, 5.74) is 3.75. The zero-order valence-electron chi connectivity index (χ0n) is 14.3. The first-order valence-corrected chi connectivity index (χ1v) is 8.33. The first kappa shape index (κ1) is 18.4. The number of methoxy groups -OCH3 is 1. The van der Waals surface area contributed by atoms with E-state index in [1.807, 2.05) is 6.07 Å². The maximum absolute atomic E-state index is 11.9. The van der Waals surface area contributed by atoms with Crippen LogP contribution in [0.4, 0.5) is 0 Å². The molecule has 27 heavy (non-hydrogen) atoms. The normalized spacial score (nSPS) is 10.7. The molecule has 136 valence electrons. The highest BCUT2D eigenvalue weighted by Crippen LogP contribution is 2.29. The van der Waals surface area contributed by atoms with E-state index in [1.165, 1.54) is 13.3 Å². The Kier molecular flexibility index (Phi) is 5.68. The molecule has 0 aliphatic rings. The van der Waals surface area contributed by atoms with Gasteiger partial charge in [-0.25, -0.2) is 10.2 Å². The number of hydrogen-bond donors (Lipinski definition) is 1. The first-order valence-electron chi connectivity index (χ1n) is 7.95. The fourth-order valence-electron chi connectivity index (χ4n) is 2.38. The Hall–Kier alpha value is -3.38. The minimum Gasteiger partial charge on any atom is -0.465 e. The summed E-state index contributed by atoms with van der Waals surface area (Å²) in [5, 5.41) is 4.34. The van der Waals surface area contributed by atoms with Crippen LogP contribution in [0.2, 0.25) is 5.02 Å². The number of rotatable bonds is 5. The summed E-state index contributed by atoms with van der Waals surface area (Å²) in [6.07, 6.45) is 1.37. The van der Waals surface area contributed by atoms with Gasteiger partial charge in [0.05, 0.1) is 18.9 Å². The molecule has 1 aromatic heterocycles. The van der Waals surface area contributed by atoms with E-state index in [9.17, 15) is 9.59 Å². The molecule has 0 saturated carbocycles. The van der Waals surface area contributed by atoms with Gasteiger partial charge < -0.3 is 9.15 Å². The van der Waals surface area contributed by atoms with Crippen LogP contribution in [0.15, 0.2) is 70.2 Å². The van der Waals surface area contributed by atoms with E-state index in [4.69, 9.17) is 20.8 Å². The number of esters is 1. The monoisotopic (exact) mass is 382 g/mol. The molecule has 0 aliphatic carbocycles. The average molecular weight is 383 g/mol. The van der Waals surface area contributed by atoms with Gasteiger partial charge in [-0.3, -0.25) is 4.79 Å². The number of amides is 1. The third-order valence-corrected chi connectivity index (χ3v) is 3.91. The molecule has 1 heterocycles. The highest BCUT2D eigenvalue weighted by molar-refractivity contribution is 6.31. The van der Waals surface area contributed by atoms with Crippen molar-refractivity contribution >= 4 is 29.7 Å². The molecule has 0 fully saturated rings. The number of furan rings is 1. The highest BCUT2D eigenvalue weighted by Gasteiger charge is 2.16. The third kappa shape index (κ3) is 4.43. The lowest BCUT2D eigenvalue weighted by Gasteiger charge is -2.06. The van der Waals surface area contributed by atoms with Crippen molar-refractivity contribution in [3.63, 3.8) is 0 Å². The van der Waals surface area contributed by atoms with E-state index in [-0.39, 0.29) is 5.91 Å². The molecule has 0 aliphatic heterocycles. The zero-order chi connectivity index (χ0) is 19.2. The van der Waals surface area contributed by atoms with Crippen molar-refractivity contribution in [1.82, 2.24) is 5.43 Å². The number of carbonyl (C=O) groups excluding carboxylic acids is 2. The van der Waals surface area contributed by atoms with Crippen molar-refractivity contribution in [3.8, 4) is 11.3 Å². The van der Waals surface area contributed by atoms with Crippen LogP contribution in [0.3, 0.4) is 0 Å². The van der Waals surface area contributed by atoms with Gasteiger partial charge in [0, 0.05) is 16.1 Å². The Balaban J connectivity index is 1.77. The fraction of sp³-hybridized carbons (Fsp3) is 0.0500. The Morgan fingerprint density at radius 1 is 1.11 bits per heavy atom. The minimum absolute atomic E-state index is 0.331. The predicted octanol–water partition coefficient (Wildman–Crippen LogP) is 4.15. The van der Waals surface area contributed by atoms with Crippen LogP contribution in [0, 0.1) is 0 Å². The predicted molar refractivity (Wildman–Crippen MR) is 102 cm³/mol. The van der Waals surface area contributed by atoms with E-state index in [2.05, 4.69) is 10.5 Å². The molecule has 0 saturated heterocycles. The zero-order valence-corrected chi connectivity index (χ0v) is 15.1. The summed E-state index contributed by atoms with van der Waals surface area (Å²) in [4.78, 5) is 23.9. The number of carbonyl (C=O) groups is 2. The molecule has 1 N–H and O–H groups in total. The van der Waals surface area contributed by atoms with Gasteiger partial charge in [0.15, 0.2) is 0 Å². The maximum Gasteiger partial charge on any atom is 0.338 e. The van der Waals surface area contributed by atoms with Gasteiger partial charge >= 0.3 is 5.97 Å². The lowest BCUT2D eigenvalue weighted by molar-refractivity contribution is 0.0601. The van der Waals surface area contributed by atoms with Gasteiger partial charge in [0.2, 0.25) is 0 Å². The molecule has 0 bridgehead atoms. The quantitative estimate of drug-likeness (QED) is 0.408. The average Bonchev–Trinajstić information content (AvgIpc) is 3.16. The van der Waals surface area contributed by atoms with Crippen LogP contribution in [0.25, 0.3) is 11.3 Å². The first-order chi connectivity index (χ1) is 13.1. The Morgan fingerprint density at radius 3 is 2.63 bits per heavy atom. The van der Waals surface area contributed by atoms with Gasteiger partial charge in [-0.15, -0.1) is 0 Å². The van der Waals surface area contributed by atoms with Crippen LogP contribution in [0.5, 0.6) is 0 Å². The van der Waals surface area contributed by atoms with Crippen molar-refractivity contribution in [3.05, 3.63) is 82.6 Å². The molecule has 1 amide bonds. The molecule has 3 aromatic rings. The van der Waals surface area contributed by atoms with Crippen LogP contribution in [0.1, 0.15) is 26.5 Å². The van der Waals surface area contributed by atoms with Gasteiger partial charge in [0.25, 0.3) is 5.91 Å². The van der Waals surface area contributed by atoms with E-state index < -0.39 is 5.97 Å². The second-order valence-corrected chi connectivity index (χ2v) is 5.89. The van der Waals surface area contributed by atoms with Gasteiger partial charge in [-0.05, 0) is 42.5 Å². The van der Waals surface area contributed by atoms with Crippen molar-refractivity contribution < 1.29 is 18.7 Å². The molecule has 3 rings (SSSR count). The topological polar surface area (TPSA) is 80.9 Å². The van der Waals surface area contributed by atoms with Gasteiger partial charge in [0.1, 0.15) is 11.5 Å². The van der Waals surface area contributed by atoms with Gasteiger partial charge in [-0.1, -0.05) is 29.8 Å². The van der Waals surface area contributed by atoms with Crippen molar-refractivity contribution in [2.24, 2.45) is 5.10 Å². The molecule has 2 aromatic carbocycles. The summed E-state index contributed by atoms with van der Waals surface area (Å²) in [7, 11) is 1.30. The molecule has 0 radical (unpaired) electrons. The van der Waals surface area contributed by atoms with Crippen LogP contribution in [-0.2, 0) is 4.74 Å². The lowest BCUT2D eigenvalue weighted by atomic mass is 10.1. The number of hydrazone groups is 1. The van der Waals surface area contributed by atoms with Crippen molar-refractivity contribution in [2.45, 2.75) is 0 Å². The lowest BCUT2D eigenvalue weighted by Crippen LogP contribution is -2.17. The molecule has 6 nitrogen and oxygen atoms in total. The van der Waals surface area contributed by atoms with E-state index in [1.54, 1.807) is 54.6 Å². The molecular weight excluding hydrogens is 368 g/mol. The Morgan fingerprint density at radius 2 is 1.89 bits per heavy atom. The molecule has 7 heteroatoms. The standard InChI is InChI=1S/C20H15ClN2O4/c1-26-20(25)16-9-7-14(21)11-17(16)18-10-8-15(27-18)12-22-23-19(24)13-5-3-2-4-6-13/h2-12H,1H3,(H,23,24)/b22-12-. The summed E-state index contributed by atoms with van der Waals surface area (Å²) >= 11 is 6.03. The second-order valence-electron chi connectivity index (χ2n) is 5.45. The summed E-state index contributed by atoms with van der Waals surface area (Å²) in [6, 6.07) is 16.8. The van der Waals surface area contributed by atoms with E-state index in [0.717, 1.165) is 0 Å². The van der Waals surface area contributed by atoms with Crippen molar-refractivity contribution in [2.75, 3.05) is 7.11 Å².